The number of hydrogen-bond donors (Lipinski definition) is 1. The summed E-state index contributed by atoms with van der Waals surface area (Å²) in [6.45, 7) is 1.50. The zero-order valence-corrected chi connectivity index (χ0v) is 15.0. The maximum absolute atomic E-state index is 13.3. The Bertz CT molecular complexity index is 892. The quantitative estimate of drug-likeness (QED) is 0.869. The van der Waals surface area contributed by atoms with Crippen LogP contribution < -0.4 is 5.32 Å². The predicted octanol–water partition coefficient (Wildman–Crippen LogP) is 3.61. The standard InChI is InChI=1S/C19H21F3N4O/c1-9-2-15(19(20,21)22)26-16(23-9)8-14(25-26)18(27)24-17-12-4-10-3-11(6-12)7-13(17)5-10/h2,8,10-13,17H,3-7H2,1H3,(H,24,27). The lowest BCUT2D eigenvalue weighted by atomic mass is 9.54. The summed E-state index contributed by atoms with van der Waals surface area (Å²) in [5.74, 6) is 2.17. The van der Waals surface area contributed by atoms with Crippen LogP contribution in [0.2, 0.25) is 0 Å². The molecule has 4 saturated carbocycles. The zero-order chi connectivity index (χ0) is 18.9. The van der Waals surface area contributed by atoms with Gasteiger partial charge in [-0.2, -0.15) is 18.3 Å². The first-order valence-corrected chi connectivity index (χ1v) is 9.53. The molecule has 4 aliphatic rings. The molecule has 0 spiro atoms. The van der Waals surface area contributed by atoms with Gasteiger partial charge in [-0.25, -0.2) is 9.50 Å². The molecule has 5 nitrogen and oxygen atoms in total. The molecule has 2 aromatic heterocycles. The summed E-state index contributed by atoms with van der Waals surface area (Å²) in [6, 6.07) is 2.40. The van der Waals surface area contributed by atoms with E-state index in [1.165, 1.54) is 19.4 Å². The van der Waals surface area contributed by atoms with Gasteiger partial charge in [0.25, 0.3) is 5.91 Å². The van der Waals surface area contributed by atoms with E-state index in [1.807, 2.05) is 0 Å². The number of rotatable bonds is 2. The summed E-state index contributed by atoms with van der Waals surface area (Å²) < 4.78 is 40.6. The minimum Gasteiger partial charge on any atom is -0.347 e. The molecule has 0 unspecified atom stereocenters. The van der Waals surface area contributed by atoms with Crippen LogP contribution in [0.3, 0.4) is 0 Å². The Morgan fingerprint density at radius 2 is 1.74 bits per heavy atom. The molecular formula is C19H21F3N4O. The largest absolute Gasteiger partial charge is 0.433 e. The maximum atomic E-state index is 13.3. The Morgan fingerprint density at radius 1 is 1.11 bits per heavy atom. The van der Waals surface area contributed by atoms with Gasteiger partial charge in [-0.1, -0.05) is 0 Å². The van der Waals surface area contributed by atoms with Gasteiger partial charge < -0.3 is 5.32 Å². The summed E-state index contributed by atoms with van der Waals surface area (Å²) in [5, 5.41) is 7.01. The highest BCUT2D eigenvalue weighted by Crippen LogP contribution is 2.53. The van der Waals surface area contributed by atoms with Crippen molar-refractivity contribution >= 4 is 11.6 Å². The van der Waals surface area contributed by atoms with E-state index in [4.69, 9.17) is 0 Å². The SMILES string of the molecule is Cc1cc(C(F)(F)F)n2nc(C(=O)NC3C4CC5CC(C4)CC3C5)cc2n1. The number of nitrogens with one attached hydrogen (secondary N) is 1. The van der Waals surface area contributed by atoms with Gasteiger partial charge in [-0.3, -0.25) is 4.79 Å². The Balaban J connectivity index is 1.43. The number of carbonyl (C=O) groups excluding carboxylic acids is 1. The average molecular weight is 378 g/mol. The van der Waals surface area contributed by atoms with E-state index in [9.17, 15) is 18.0 Å². The molecule has 0 radical (unpaired) electrons. The molecule has 2 heterocycles. The third-order valence-corrected chi connectivity index (χ3v) is 6.60. The molecule has 0 saturated heterocycles. The first-order chi connectivity index (χ1) is 12.8. The Kier molecular flexibility index (Phi) is 3.58. The van der Waals surface area contributed by atoms with E-state index in [2.05, 4.69) is 15.4 Å². The monoisotopic (exact) mass is 378 g/mol. The highest BCUT2D eigenvalue weighted by molar-refractivity contribution is 5.93. The third-order valence-electron chi connectivity index (χ3n) is 6.60. The van der Waals surface area contributed by atoms with E-state index >= 15 is 0 Å². The van der Waals surface area contributed by atoms with Crippen molar-refractivity contribution < 1.29 is 18.0 Å². The second kappa shape index (κ2) is 5.69. The first-order valence-electron chi connectivity index (χ1n) is 9.53. The van der Waals surface area contributed by atoms with E-state index in [1.54, 1.807) is 0 Å². The van der Waals surface area contributed by atoms with Crippen LogP contribution in [0.25, 0.3) is 5.65 Å². The number of aryl methyl sites for hydroxylation is 1. The fraction of sp³-hybridized carbons (Fsp3) is 0.632. The second-order valence-corrected chi connectivity index (χ2v) is 8.51. The molecule has 4 fully saturated rings. The number of fused-ring (bicyclic) bond motifs is 1. The second-order valence-electron chi connectivity index (χ2n) is 8.51. The maximum Gasteiger partial charge on any atom is 0.433 e. The minimum atomic E-state index is -4.56. The molecule has 6 rings (SSSR count). The zero-order valence-electron chi connectivity index (χ0n) is 15.0. The van der Waals surface area contributed by atoms with Crippen molar-refractivity contribution in [1.29, 1.82) is 0 Å². The van der Waals surface area contributed by atoms with Crippen LogP contribution in [-0.4, -0.2) is 26.5 Å². The topological polar surface area (TPSA) is 59.3 Å². The van der Waals surface area contributed by atoms with Crippen molar-refractivity contribution in [3.05, 3.63) is 29.2 Å². The number of halogens is 3. The molecule has 8 heteroatoms. The Hall–Kier alpha value is -2.12. The average Bonchev–Trinajstić information content (AvgIpc) is 2.99. The van der Waals surface area contributed by atoms with Gasteiger partial charge in [0.15, 0.2) is 11.3 Å². The number of amides is 1. The van der Waals surface area contributed by atoms with Gasteiger partial charge in [0.2, 0.25) is 0 Å². The lowest BCUT2D eigenvalue weighted by Gasteiger charge is -2.54. The van der Waals surface area contributed by atoms with Crippen LogP contribution in [0.15, 0.2) is 12.1 Å². The molecule has 1 amide bonds. The fourth-order valence-electron chi connectivity index (χ4n) is 5.80. The lowest BCUT2D eigenvalue weighted by Crippen LogP contribution is -2.55. The molecule has 27 heavy (non-hydrogen) atoms. The van der Waals surface area contributed by atoms with E-state index in [-0.39, 0.29) is 23.1 Å². The van der Waals surface area contributed by atoms with Crippen LogP contribution in [0.5, 0.6) is 0 Å². The van der Waals surface area contributed by atoms with Crippen molar-refractivity contribution in [1.82, 2.24) is 19.9 Å². The normalized spacial score (nSPS) is 32.2. The Morgan fingerprint density at radius 3 is 2.33 bits per heavy atom. The smallest absolute Gasteiger partial charge is 0.347 e. The summed E-state index contributed by atoms with van der Waals surface area (Å²) in [6.07, 6.45) is 1.38. The fourth-order valence-corrected chi connectivity index (χ4v) is 5.80. The van der Waals surface area contributed by atoms with Crippen LogP contribution in [0.4, 0.5) is 13.2 Å². The molecule has 0 atom stereocenters. The minimum absolute atomic E-state index is 0.00703. The number of nitrogens with zero attached hydrogens (tertiary/aromatic N) is 3. The molecule has 0 aliphatic heterocycles. The first kappa shape index (κ1) is 17.0. The van der Waals surface area contributed by atoms with E-state index < -0.39 is 17.8 Å². The molecule has 0 aromatic carbocycles. The van der Waals surface area contributed by atoms with Crippen LogP contribution >= 0.6 is 0 Å². The van der Waals surface area contributed by atoms with Crippen LogP contribution in [0.1, 0.15) is 54.0 Å². The van der Waals surface area contributed by atoms with Crippen LogP contribution in [0, 0.1) is 30.6 Å². The van der Waals surface area contributed by atoms with Gasteiger partial charge in [0.1, 0.15) is 5.69 Å². The molecule has 2 aromatic rings. The van der Waals surface area contributed by atoms with E-state index in [0.717, 1.165) is 48.1 Å². The molecule has 4 bridgehead atoms. The van der Waals surface area contributed by atoms with Gasteiger partial charge in [0.05, 0.1) is 0 Å². The molecule has 144 valence electrons. The number of alkyl halides is 3. The summed E-state index contributed by atoms with van der Waals surface area (Å²) >= 11 is 0. The summed E-state index contributed by atoms with van der Waals surface area (Å²) in [5.41, 5.74) is -0.647. The van der Waals surface area contributed by atoms with E-state index in [0.29, 0.717) is 11.8 Å². The number of carbonyl (C=O) groups is 1. The summed E-state index contributed by atoms with van der Waals surface area (Å²) in [7, 11) is 0. The van der Waals surface area contributed by atoms with Crippen LogP contribution in [-0.2, 0) is 6.18 Å². The van der Waals surface area contributed by atoms with Gasteiger partial charge in [0, 0.05) is 17.8 Å². The van der Waals surface area contributed by atoms with Crippen molar-refractivity contribution in [2.75, 3.05) is 0 Å². The third kappa shape index (κ3) is 2.80. The molecular weight excluding hydrogens is 357 g/mol. The molecule has 4 aliphatic carbocycles. The number of hydrogen-bond acceptors (Lipinski definition) is 3. The van der Waals surface area contributed by atoms with Gasteiger partial charge in [-0.05, 0) is 68.8 Å². The Labute approximate surface area is 154 Å². The van der Waals surface area contributed by atoms with Crippen molar-refractivity contribution in [2.24, 2.45) is 23.7 Å². The molecule has 1 N–H and O–H groups in total. The van der Waals surface area contributed by atoms with Crippen molar-refractivity contribution in [2.45, 2.75) is 51.2 Å². The summed E-state index contributed by atoms with van der Waals surface area (Å²) in [4.78, 5) is 16.8. The highest BCUT2D eigenvalue weighted by atomic mass is 19.4. The predicted molar refractivity (Wildman–Crippen MR) is 91.0 cm³/mol. The van der Waals surface area contributed by atoms with Gasteiger partial charge >= 0.3 is 6.18 Å². The number of aromatic nitrogens is 3. The van der Waals surface area contributed by atoms with Gasteiger partial charge in [-0.15, -0.1) is 0 Å². The lowest BCUT2D eigenvalue weighted by molar-refractivity contribution is -0.142. The van der Waals surface area contributed by atoms with Crippen molar-refractivity contribution in [3.63, 3.8) is 0 Å². The van der Waals surface area contributed by atoms with Crippen molar-refractivity contribution in [3.8, 4) is 0 Å². The highest BCUT2D eigenvalue weighted by Gasteiger charge is 2.48.